The lowest BCUT2D eigenvalue weighted by atomic mass is 10.0. The highest BCUT2D eigenvalue weighted by Crippen LogP contribution is 2.18. The molecule has 4 heteroatoms. The van der Waals surface area contributed by atoms with E-state index in [1.54, 1.807) is 0 Å². The molecule has 0 bridgehead atoms. The number of aryl methyl sites for hydroxylation is 2. The molecule has 1 aromatic heterocycles. The number of aromatic nitrogens is 2. The van der Waals surface area contributed by atoms with Crippen LogP contribution in [-0.2, 0) is 24.3 Å². The Hall–Kier alpha value is -0.870. The van der Waals surface area contributed by atoms with Crippen molar-refractivity contribution in [2.75, 3.05) is 13.1 Å². The van der Waals surface area contributed by atoms with E-state index in [0.29, 0.717) is 6.61 Å². The van der Waals surface area contributed by atoms with Crippen LogP contribution in [0.4, 0.5) is 0 Å². The van der Waals surface area contributed by atoms with Gasteiger partial charge in [0.25, 0.3) is 0 Å². The molecule has 0 amide bonds. The van der Waals surface area contributed by atoms with Crippen LogP contribution in [0.25, 0.3) is 0 Å². The van der Waals surface area contributed by atoms with Gasteiger partial charge in [-0.15, -0.1) is 0 Å². The van der Waals surface area contributed by atoms with Crippen molar-refractivity contribution < 1.29 is 4.74 Å². The SMILES string of the molecule is CCc1cc(COC2(C)CNC2)n(CC)n1. The molecular weight excluding hydrogens is 202 g/mol. The van der Waals surface area contributed by atoms with Gasteiger partial charge in [-0.2, -0.15) is 5.10 Å². The van der Waals surface area contributed by atoms with Crippen molar-refractivity contribution >= 4 is 0 Å². The standard InChI is InChI=1S/C12H21N3O/c1-4-10-6-11(15(5-2)14-10)7-16-12(3)8-13-9-12/h6,13H,4-5,7-9H2,1-3H3. The maximum Gasteiger partial charge on any atom is 0.0907 e. The predicted octanol–water partition coefficient (Wildman–Crippen LogP) is 1.34. The second-order valence-corrected chi connectivity index (χ2v) is 4.64. The van der Waals surface area contributed by atoms with Crippen LogP contribution in [0.5, 0.6) is 0 Å². The molecule has 2 heterocycles. The Morgan fingerprint density at radius 3 is 2.75 bits per heavy atom. The largest absolute Gasteiger partial charge is 0.366 e. The maximum atomic E-state index is 5.93. The molecule has 0 aliphatic carbocycles. The average molecular weight is 223 g/mol. The smallest absolute Gasteiger partial charge is 0.0907 e. The molecule has 0 atom stereocenters. The molecule has 0 aromatic carbocycles. The summed E-state index contributed by atoms with van der Waals surface area (Å²) in [6, 6.07) is 2.15. The van der Waals surface area contributed by atoms with Crippen molar-refractivity contribution in [3.05, 3.63) is 17.5 Å². The Bertz CT molecular complexity index is 355. The van der Waals surface area contributed by atoms with Gasteiger partial charge < -0.3 is 10.1 Å². The minimum atomic E-state index is 0.0230. The summed E-state index contributed by atoms with van der Waals surface area (Å²) < 4.78 is 7.96. The van der Waals surface area contributed by atoms with Crippen LogP contribution in [0.15, 0.2) is 6.07 Å². The van der Waals surface area contributed by atoms with Gasteiger partial charge in [0.2, 0.25) is 0 Å². The van der Waals surface area contributed by atoms with E-state index in [1.165, 1.54) is 5.69 Å². The molecule has 1 N–H and O–H groups in total. The summed E-state index contributed by atoms with van der Waals surface area (Å²) in [5, 5.41) is 7.75. The van der Waals surface area contributed by atoms with Gasteiger partial charge in [0.05, 0.1) is 23.6 Å². The van der Waals surface area contributed by atoms with Crippen LogP contribution < -0.4 is 5.32 Å². The van der Waals surface area contributed by atoms with Gasteiger partial charge in [-0.1, -0.05) is 6.92 Å². The molecule has 1 aromatic rings. The van der Waals surface area contributed by atoms with E-state index in [9.17, 15) is 0 Å². The van der Waals surface area contributed by atoms with Crippen molar-refractivity contribution in [2.24, 2.45) is 0 Å². The zero-order valence-corrected chi connectivity index (χ0v) is 10.4. The van der Waals surface area contributed by atoms with Crippen molar-refractivity contribution in [3.63, 3.8) is 0 Å². The second kappa shape index (κ2) is 4.55. The van der Waals surface area contributed by atoms with Crippen LogP contribution in [-0.4, -0.2) is 28.5 Å². The topological polar surface area (TPSA) is 39.1 Å². The van der Waals surface area contributed by atoms with Crippen LogP contribution in [0.1, 0.15) is 32.2 Å². The monoisotopic (exact) mass is 223 g/mol. The molecule has 0 spiro atoms. The summed E-state index contributed by atoms with van der Waals surface area (Å²) in [4.78, 5) is 0. The lowest BCUT2D eigenvalue weighted by molar-refractivity contribution is -0.0788. The van der Waals surface area contributed by atoms with Crippen LogP contribution in [0.3, 0.4) is 0 Å². The van der Waals surface area contributed by atoms with Crippen LogP contribution >= 0.6 is 0 Å². The van der Waals surface area contributed by atoms with Gasteiger partial charge in [0.1, 0.15) is 0 Å². The normalized spacial score (nSPS) is 18.4. The van der Waals surface area contributed by atoms with E-state index in [0.717, 1.165) is 31.7 Å². The Kier molecular flexibility index (Phi) is 3.30. The highest BCUT2D eigenvalue weighted by Gasteiger charge is 2.32. The first-order chi connectivity index (χ1) is 7.67. The number of hydrogen-bond donors (Lipinski definition) is 1. The van der Waals surface area contributed by atoms with E-state index < -0.39 is 0 Å². The van der Waals surface area contributed by atoms with Crippen molar-refractivity contribution in [1.82, 2.24) is 15.1 Å². The Morgan fingerprint density at radius 2 is 2.25 bits per heavy atom. The Balaban J connectivity index is 1.99. The van der Waals surface area contributed by atoms with E-state index in [4.69, 9.17) is 4.74 Å². The lowest BCUT2D eigenvalue weighted by Crippen LogP contribution is -2.58. The molecule has 16 heavy (non-hydrogen) atoms. The van der Waals surface area contributed by atoms with Gasteiger partial charge in [-0.3, -0.25) is 4.68 Å². The lowest BCUT2D eigenvalue weighted by Gasteiger charge is -2.39. The second-order valence-electron chi connectivity index (χ2n) is 4.64. The van der Waals surface area contributed by atoms with Gasteiger partial charge in [0, 0.05) is 19.6 Å². The molecular formula is C12H21N3O. The van der Waals surface area contributed by atoms with Gasteiger partial charge in [-0.05, 0) is 26.3 Å². The number of ether oxygens (including phenoxy) is 1. The summed E-state index contributed by atoms with van der Waals surface area (Å²) in [5.41, 5.74) is 2.36. The highest BCUT2D eigenvalue weighted by atomic mass is 16.5. The fourth-order valence-electron chi connectivity index (χ4n) is 1.91. The third kappa shape index (κ3) is 2.28. The van der Waals surface area contributed by atoms with E-state index in [-0.39, 0.29) is 5.60 Å². The molecule has 0 unspecified atom stereocenters. The predicted molar refractivity (Wildman–Crippen MR) is 63.3 cm³/mol. The fourth-order valence-corrected chi connectivity index (χ4v) is 1.91. The number of nitrogens with zero attached hydrogens (tertiary/aromatic N) is 2. The third-order valence-electron chi connectivity index (χ3n) is 3.14. The zero-order valence-electron chi connectivity index (χ0n) is 10.4. The first-order valence-electron chi connectivity index (χ1n) is 6.07. The van der Waals surface area contributed by atoms with Crippen molar-refractivity contribution in [2.45, 2.75) is 45.9 Å². The Labute approximate surface area is 97.0 Å². The molecule has 0 radical (unpaired) electrons. The van der Waals surface area contributed by atoms with E-state index in [1.807, 2.05) is 4.68 Å². The molecule has 4 nitrogen and oxygen atoms in total. The van der Waals surface area contributed by atoms with E-state index >= 15 is 0 Å². The maximum absolute atomic E-state index is 5.93. The van der Waals surface area contributed by atoms with Crippen molar-refractivity contribution in [3.8, 4) is 0 Å². The molecule has 2 rings (SSSR count). The summed E-state index contributed by atoms with van der Waals surface area (Å²) >= 11 is 0. The third-order valence-corrected chi connectivity index (χ3v) is 3.14. The number of rotatable bonds is 5. The summed E-state index contributed by atoms with van der Waals surface area (Å²) in [6.07, 6.45) is 0.985. The number of hydrogen-bond acceptors (Lipinski definition) is 3. The van der Waals surface area contributed by atoms with Gasteiger partial charge in [0.15, 0.2) is 0 Å². The summed E-state index contributed by atoms with van der Waals surface area (Å²) in [7, 11) is 0. The first kappa shape index (κ1) is 11.6. The quantitative estimate of drug-likeness (QED) is 0.819. The molecule has 1 fully saturated rings. The Morgan fingerprint density at radius 1 is 1.50 bits per heavy atom. The van der Waals surface area contributed by atoms with Crippen LogP contribution in [0, 0.1) is 0 Å². The van der Waals surface area contributed by atoms with Gasteiger partial charge in [-0.25, -0.2) is 0 Å². The summed E-state index contributed by atoms with van der Waals surface area (Å²) in [5.74, 6) is 0. The molecule has 1 aliphatic rings. The van der Waals surface area contributed by atoms with Crippen molar-refractivity contribution in [1.29, 1.82) is 0 Å². The fraction of sp³-hybridized carbons (Fsp3) is 0.750. The highest BCUT2D eigenvalue weighted by molar-refractivity contribution is 5.10. The van der Waals surface area contributed by atoms with Crippen LogP contribution in [0.2, 0.25) is 0 Å². The summed E-state index contributed by atoms with van der Waals surface area (Å²) in [6.45, 7) is 9.87. The molecule has 1 saturated heterocycles. The molecule has 1 aliphatic heterocycles. The molecule has 90 valence electrons. The minimum Gasteiger partial charge on any atom is -0.366 e. The zero-order chi connectivity index (χ0) is 11.6. The first-order valence-corrected chi connectivity index (χ1v) is 6.07. The number of nitrogens with one attached hydrogen (secondary N) is 1. The average Bonchev–Trinajstić information content (AvgIpc) is 2.66. The minimum absolute atomic E-state index is 0.0230. The molecule has 0 saturated carbocycles. The van der Waals surface area contributed by atoms with Gasteiger partial charge >= 0.3 is 0 Å². The van der Waals surface area contributed by atoms with E-state index in [2.05, 4.69) is 37.3 Å².